The number of aromatic nitrogens is 1. The maximum Gasteiger partial charge on any atom is 0.188 e. The lowest BCUT2D eigenvalue weighted by Gasteiger charge is -2.21. The zero-order valence-corrected chi connectivity index (χ0v) is 9.71. The first-order chi connectivity index (χ1) is 7.65. The van der Waals surface area contributed by atoms with Crippen LogP contribution in [0.2, 0.25) is 0 Å². The van der Waals surface area contributed by atoms with Crippen molar-refractivity contribution in [2.45, 2.75) is 39.2 Å². The van der Waals surface area contributed by atoms with Crippen molar-refractivity contribution in [3.8, 4) is 0 Å². The van der Waals surface area contributed by atoms with Gasteiger partial charge in [-0.3, -0.25) is 4.79 Å². The fraction of sp³-hybridized carbons (Fsp3) is 0.462. The Labute approximate surface area is 94.8 Å². The standard InChI is InChI=1S/C13H17NO2/c1-3-5-10-8(2)13(16)9-6-4-7-11(15)12(9)14-10/h3,5,11,15H,4,6-7H2,1-2H3,(H,14,16)/b5-3-. The minimum absolute atomic E-state index is 0.0839. The molecular formula is C13H17NO2. The van der Waals surface area contributed by atoms with Gasteiger partial charge in [-0.1, -0.05) is 6.08 Å². The Morgan fingerprint density at radius 1 is 1.50 bits per heavy atom. The summed E-state index contributed by atoms with van der Waals surface area (Å²) in [6.45, 7) is 3.74. The van der Waals surface area contributed by atoms with Crippen LogP contribution in [0.15, 0.2) is 10.9 Å². The summed E-state index contributed by atoms with van der Waals surface area (Å²) in [6, 6.07) is 0. The third-order valence-corrected chi connectivity index (χ3v) is 3.18. The Morgan fingerprint density at radius 3 is 2.94 bits per heavy atom. The largest absolute Gasteiger partial charge is 0.387 e. The van der Waals surface area contributed by atoms with Gasteiger partial charge in [0.1, 0.15) is 0 Å². The lowest BCUT2D eigenvalue weighted by atomic mass is 9.91. The van der Waals surface area contributed by atoms with E-state index < -0.39 is 6.10 Å². The third kappa shape index (κ3) is 1.71. The van der Waals surface area contributed by atoms with Crippen molar-refractivity contribution in [1.29, 1.82) is 0 Å². The van der Waals surface area contributed by atoms with Crippen molar-refractivity contribution in [2.24, 2.45) is 0 Å². The van der Waals surface area contributed by atoms with E-state index in [-0.39, 0.29) is 5.43 Å². The molecule has 86 valence electrons. The van der Waals surface area contributed by atoms with E-state index >= 15 is 0 Å². The predicted octanol–water partition coefficient (Wildman–Crippen LogP) is 2.09. The summed E-state index contributed by atoms with van der Waals surface area (Å²) in [5, 5.41) is 9.88. The quantitative estimate of drug-likeness (QED) is 0.759. The average molecular weight is 219 g/mol. The molecule has 3 heteroatoms. The van der Waals surface area contributed by atoms with Gasteiger partial charge in [0, 0.05) is 16.8 Å². The number of allylic oxidation sites excluding steroid dienone is 1. The second-order valence-corrected chi connectivity index (χ2v) is 4.29. The number of fused-ring (bicyclic) bond motifs is 1. The number of aliphatic hydroxyl groups excluding tert-OH is 1. The summed E-state index contributed by atoms with van der Waals surface area (Å²) in [5.41, 5.74) is 3.12. The van der Waals surface area contributed by atoms with Crippen LogP contribution in [0, 0.1) is 6.92 Å². The van der Waals surface area contributed by atoms with E-state index in [4.69, 9.17) is 0 Å². The van der Waals surface area contributed by atoms with Crippen molar-refractivity contribution in [3.63, 3.8) is 0 Å². The SMILES string of the molecule is C/C=C\c1[nH]c2c(c(=O)c1C)CCCC2O. The van der Waals surface area contributed by atoms with Gasteiger partial charge in [0.25, 0.3) is 0 Å². The highest BCUT2D eigenvalue weighted by Crippen LogP contribution is 2.26. The summed E-state index contributed by atoms with van der Waals surface area (Å²) >= 11 is 0. The van der Waals surface area contributed by atoms with E-state index in [1.807, 2.05) is 26.0 Å². The first-order valence-electron chi connectivity index (χ1n) is 5.71. The number of H-pyrrole nitrogens is 1. The van der Waals surface area contributed by atoms with Crippen molar-refractivity contribution in [3.05, 3.63) is 38.8 Å². The first-order valence-corrected chi connectivity index (χ1v) is 5.71. The fourth-order valence-corrected chi connectivity index (χ4v) is 2.27. The van der Waals surface area contributed by atoms with Crippen molar-refractivity contribution >= 4 is 6.08 Å². The molecule has 0 aromatic carbocycles. The molecular weight excluding hydrogens is 202 g/mol. The van der Waals surface area contributed by atoms with Gasteiger partial charge >= 0.3 is 0 Å². The van der Waals surface area contributed by atoms with Gasteiger partial charge in [0.2, 0.25) is 0 Å². The molecule has 0 saturated heterocycles. The topological polar surface area (TPSA) is 53.1 Å². The molecule has 0 fully saturated rings. The number of pyridine rings is 1. The van der Waals surface area contributed by atoms with Crippen molar-refractivity contribution < 1.29 is 5.11 Å². The molecule has 1 aromatic heterocycles. The highest BCUT2D eigenvalue weighted by molar-refractivity contribution is 5.50. The molecule has 1 aromatic rings. The van der Waals surface area contributed by atoms with Crippen LogP contribution in [0.4, 0.5) is 0 Å². The molecule has 0 saturated carbocycles. The van der Waals surface area contributed by atoms with Gasteiger partial charge in [0.05, 0.1) is 11.8 Å². The highest BCUT2D eigenvalue weighted by atomic mass is 16.3. The smallest absolute Gasteiger partial charge is 0.188 e. The second kappa shape index (κ2) is 4.26. The number of aliphatic hydroxyl groups is 1. The van der Waals surface area contributed by atoms with E-state index in [1.54, 1.807) is 0 Å². The van der Waals surface area contributed by atoms with Crippen LogP contribution >= 0.6 is 0 Å². The molecule has 0 radical (unpaired) electrons. The molecule has 2 N–H and O–H groups in total. The second-order valence-electron chi connectivity index (χ2n) is 4.29. The van der Waals surface area contributed by atoms with Gasteiger partial charge in [-0.05, 0) is 39.2 Å². The zero-order chi connectivity index (χ0) is 11.7. The molecule has 2 rings (SSSR count). The maximum atomic E-state index is 12.1. The summed E-state index contributed by atoms with van der Waals surface area (Å²) < 4.78 is 0. The Hall–Kier alpha value is -1.35. The lowest BCUT2D eigenvalue weighted by molar-refractivity contribution is 0.151. The minimum atomic E-state index is -0.513. The number of nitrogens with one attached hydrogen (secondary N) is 1. The van der Waals surface area contributed by atoms with Gasteiger partial charge in [0.15, 0.2) is 5.43 Å². The maximum absolute atomic E-state index is 12.1. The van der Waals surface area contributed by atoms with Crippen LogP contribution in [0.1, 0.15) is 48.4 Å². The van der Waals surface area contributed by atoms with E-state index in [0.717, 1.165) is 41.8 Å². The van der Waals surface area contributed by atoms with Crippen LogP contribution in [0.25, 0.3) is 6.08 Å². The Kier molecular flexibility index (Phi) is 2.97. The van der Waals surface area contributed by atoms with Gasteiger partial charge in [-0.15, -0.1) is 0 Å². The summed E-state index contributed by atoms with van der Waals surface area (Å²) in [6.07, 6.45) is 5.65. The number of aromatic amines is 1. The molecule has 1 heterocycles. The van der Waals surface area contributed by atoms with Crippen LogP contribution in [-0.4, -0.2) is 10.1 Å². The number of hydrogen-bond acceptors (Lipinski definition) is 2. The Balaban J connectivity index is 2.67. The Morgan fingerprint density at radius 2 is 2.25 bits per heavy atom. The molecule has 1 aliphatic rings. The van der Waals surface area contributed by atoms with E-state index in [2.05, 4.69) is 4.98 Å². The summed E-state index contributed by atoms with van der Waals surface area (Å²) in [5.74, 6) is 0. The molecule has 0 amide bonds. The first kappa shape index (κ1) is 11.1. The molecule has 0 spiro atoms. The van der Waals surface area contributed by atoms with Gasteiger partial charge < -0.3 is 10.1 Å². The average Bonchev–Trinajstić information content (AvgIpc) is 2.27. The monoisotopic (exact) mass is 219 g/mol. The minimum Gasteiger partial charge on any atom is -0.387 e. The van der Waals surface area contributed by atoms with Crippen LogP contribution in [0.5, 0.6) is 0 Å². The van der Waals surface area contributed by atoms with Gasteiger partial charge in [-0.2, -0.15) is 0 Å². The normalized spacial score (nSPS) is 20.1. The Bertz CT molecular complexity index is 485. The number of rotatable bonds is 1. The molecule has 16 heavy (non-hydrogen) atoms. The summed E-state index contributed by atoms with van der Waals surface area (Å²) in [7, 11) is 0. The van der Waals surface area contributed by atoms with E-state index in [1.165, 1.54) is 0 Å². The van der Waals surface area contributed by atoms with Crippen molar-refractivity contribution in [2.75, 3.05) is 0 Å². The molecule has 3 nitrogen and oxygen atoms in total. The van der Waals surface area contributed by atoms with E-state index in [0.29, 0.717) is 0 Å². The molecule has 1 aliphatic carbocycles. The molecule has 0 bridgehead atoms. The van der Waals surface area contributed by atoms with Crippen LogP contribution < -0.4 is 5.43 Å². The molecule has 1 unspecified atom stereocenters. The fourth-order valence-electron chi connectivity index (χ4n) is 2.27. The predicted molar refractivity (Wildman–Crippen MR) is 64.4 cm³/mol. The van der Waals surface area contributed by atoms with Crippen LogP contribution in [0.3, 0.4) is 0 Å². The number of hydrogen-bond donors (Lipinski definition) is 2. The third-order valence-electron chi connectivity index (χ3n) is 3.18. The molecule has 1 atom stereocenters. The van der Waals surface area contributed by atoms with Crippen LogP contribution in [-0.2, 0) is 6.42 Å². The van der Waals surface area contributed by atoms with Crippen molar-refractivity contribution in [1.82, 2.24) is 4.98 Å². The van der Waals surface area contributed by atoms with Gasteiger partial charge in [-0.25, -0.2) is 0 Å². The summed E-state index contributed by atoms with van der Waals surface area (Å²) in [4.78, 5) is 15.3. The lowest BCUT2D eigenvalue weighted by Crippen LogP contribution is -2.24. The highest BCUT2D eigenvalue weighted by Gasteiger charge is 2.22. The molecule has 0 aliphatic heterocycles. The zero-order valence-electron chi connectivity index (χ0n) is 9.71. The van der Waals surface area contributed by atoms with E-state index in [9.17, 15) is 9.90 Å².